The van der Waals surface area contributed by atoms with Crippen LogP contribution in [0.3, 0.4) is 0 Å². The van der Waals surface area contributed by atoms with Crippen molar-refractivity contribution in [3.8, 4) is 0 Å². The Kier molecular flexibility index (Phi) is 12.4. The average Bonchev–Trinajstić information content (AvgIpc) is 2.90. The number of hydrogen-bond donors (Lipinski definition) is 4. The highest BCUT2D eigenvalue weighted by Gasteiger charge is 2.38. The van der Waals surface area contributed by atoms with Crippen LogP contribution in [0.15, 0.2) is 35.2 Å². The maximum atomic E-state index is 13.6. The number of amides is 2. The number of nitrogens with zero attached hydrogens (tertiary/aromatic N) is 2. The summed E-state index contributed by atoms with van der Waals surface area (Å²) in [4.78, 5) is 37.8. The lowest BCUT2D eigenvalue weighted by molar-refractivity contribution is -0.192. The number of carbonyl (C=O) groups excluding carboxylic acids is 2. The molecule has 15 heteroatoms. The summed E-state index contributed by atoms with van der Waals surface area (Å²) in [5.41, 5.74) is 3.66. The van der Waals surface area contributed by atoms with Crippen LogP contribution < -0.4 is 20.3 Å². The molecule has 0 atom stereocenters. The molecule has 0 saturated carbocycles. The van der Waals surface area contributed by atoms with Gasteiger partial charge in [0.15, 0.2) is 0 Å². The lowest BCUT2D eigenvalue weighted by atomic mass is 10.1. The SMILES string of the molecule is CCCNC(=O)CN(C)C(=O)c1ccc(N2CCNCC2)c(NS(=O)(=O)c2c(C)cc(C)cc2C)c1.O=C(O)C(F)(F)F. The van der Waals surface area contributed by atoms with Gasteiger partial charge in [-0.05, 0) is 56.5 Å². The summed E-state index contributed by atoms with van der Waals surface area (Å²) in [6.07, 6.45) is -4.28. The number of halogens is 3. The predicted octanol–water partition coefficient (Wildman–Crippen LogP) is 3.05. The van der Waals surface area contributed by atoms with Crippen molar-refractivity contribution in [2.75, 3.05) is 55.9 Å². The van der Waals surface area contributed by atoms with Gasteiger partial charge in [0.2, 0.25) is 5.91 Å². The molecule has 3 rings (SSSR count). The van der Waals surface area contributed by atoms with Crippen LogP contribution in [-0.4, -0.2) is 88.7 Å². The second kappa shape index (κ2) is 15.0. The van der Waals surface area contributed by atoms with Crippen molar-refractivity contribution in [1.82, 2.24) is 15.5 Å². The Balaban J connectivity index is 0.000000821. The molecule has 2 aromatic carbocycles. The fraction of sp³-hybridized carbons (Fsp3) is 0.464. The van der Waals surface area contributed by atoms with Gasteiger partial charge in [-0.2, -0.15) is 13.2 Å². The molecule has 1 fully saturated rings. The summed E-state index contributed by atoms with van der Waals surface area (Å²) in [5, 5.41) is 13.2. The number of nitrogens with one attached hydrogen (secondary N) is 3. The fourth-order valence-corrected chi connectivity index (χ4v) is 6.07. The standard InChI is InChI=1S/C26H37N5O4S.C2HF3O2/c1-6-9-28-24(32)17-30(5)26(33)21-7-8-23(31-12-10-27-11-13-31)22(16-21)29-36(34,35)25-19(3)14-18(2)15-20(25)4;3-2(4,5)1(6)7/h7-8,14-16,27,29H,6,9-13,17H2,1-5H3,(H,28,32);(H,6,7). The van der Waals surface area contributed by atoms with E-state index in [-0.39, 0.29) is 23.3 Å². The zero-order chi connectivity index (χ0) is 32.5. The van der Waals surface area contributed by atoms with Gasteiger partial charge in [-0.15, -0.1) is 0 Å². The minimum Gasteiger partial charge on any atom is -0.475 e. The largest absolute Gasteiger partial charge is 0.490 e. The van der Waals surface area contributed by atoms with Crippen LogP contribution in [0.25, 0.3) is 0 Å². The molecule has 0 bridgehead atoms. The Bertz CT molecular complexity index is 1400. The number of carbonyl (C=O) groups is 3. The summed E-state index contributed by atoms with van der Waals surface area (Å²) in [7, 11) is -2.37. The second-order valence-electron chi connectivity index (χ2n) is 10.1. The van der Waals surface area contributed by atoms with Gasteiger partial charge in [0, 0.05) is 45.3 Å². The topological polar surface area (TPSA) is 148 Å². The van der Waals surface area contributed by atoms with Crippen molar-refractivity contribution in [2.45, 2.75) is 45.2 Å². The van der Waals surface area contributed by atoms with E-state index in [1.54, 1.807) is 39.1 Å². The molecule has 4 N–H and O–H groups in total. The monoisotopic (exact) mass is 629 g/mol. The molecule has 0 spiro atoms. The summed E-state index contributed by atoms with van der Waals surface area (Å²) < 4.78 is 61.6. The number of rotatable bonds is 9. The Morgan fingerprint density at radius 2 is 1.60 bits per heavy atom. The molecule has 2 aromatic rings. The third-order valence-electron chi connectivity index (χ3n) is 6.36. The average molecular weight is 630 g/mol. The van der Waals surface area contributed by atoms with E-state index in [0.717, 1.165) is 25.1 Å². The molecule has 1 aliphatic heterocycles. The summed E-state index contributed by atoms with van der Waals surface area (Å²) in [5.74, 6) is -3.36. The van der Waals surface area contributed by atoms with Crippen LogP contribution in [0.2, 0.25) is 0 Å². The van der Waals surface area contributed by atoms with Gasteiger partial charge in [0.25, 0.3) is 15.9 Å². The van der Waals surface area contributed by atoms with Gasteiger partial charge in [0.1, 0.15) is 0 Å². The highest BCUT2D eigenvalue weighted by atomic mass is 32.2. The number of sulfonamides is 1. The first kappa shape index (κ1) is 35.3. The maximum absolute atomic E-state index is 13.6. The molecular weight excluding hydrogens is 591 g/mol. The molecule has 1 saturated heterocycles. The van der Waals surface area contributed by atoms with E-state index >= 15 is 0 Å². The molecule has 0 aliphatic carbocycles. The summed E-state index contributed by atoms with van der Waals surface area (Å²) in [6.45, 7) is 10.9. The quantitative estimate of drug-likeness (QED) is 0.331. The van der Waals surface area contributed by atoms with Crippen molar-refractivity contribution in [3.63, 3.8) is 0 Å². The fourth-order valence-electron chi connectivity index (χ4n) is 4.55. The highest BCUT2D eigenvalue weighted by molar-refractivity contribution is 7.92. The zero-order valence-electron chi connectivity index (χ0n) is 24.8. The smallest absolute Gasteiger partial charge is 0.475 e. The van der Waals surface area contributed by atoms with Crippen LogP contribution in [-0.2, 0) is 19.6 Å². The number of hydrogen-bond acceptors (Lipinski definition) is 7. The minimum atomic E-state index is -5.08. The lowest BCUT2D eigenvalue weighted by Gasteiger charge is -2.31. The molecule has 11 nitrogen and oxygen atoms in total. The number of anilines is 2. The number of piperazine rings is 1. The molecule has 1 heterocycles. The third kappa shape index (κ3) is 10.1. The number of aryl methyl sites for hydroxylation is 3. The van der Waals surface area contributed by atoms with Crippen molar-refractivity contribution < 1.29 is 41.1 Å². The predicted molar refractivity (Wildman–Crippen MR) is 157 cm³/mol. The highest BCUT2D eigenvalue weighted by Crippen LogP contribution is 2.32. The van der Waals surface area contributed by atoms with Crippen LogP contribution in [0.5, 0.6) is 0 Å². The van der Waals surface area contributed by atoms with Crippen LogP contribution in [0.1, 0.15) is 40.4 Å². The van der Waals surface area contributed by atoms with E-state index < -0.39 is 22.2 Å². The van der Waals surface area contributed by atoms with Crippen LogP contribution in [0.4, 0.5) is 24.5 Å². The first-order chi connectivity index (χ1) is 20.0. The Morgan fingerprint density at radius 1 is 1.05 bits per heavy atom. The van der Waals surface area contributed by atoms with Gasteiger partial charge in [-0.1, -0.05) is 24.6 Å². The van der Waals surface area contributed by atoms with Crippen molar-refractivity contribution >= 4 is 39.2 Å². The van der Waals surface area contributed by atoms with E-state index in [9.17, 15) is 31.2 Å². The normalized spacial score (nSPS) is 13.4. The Morgan fingerprint density at radius 3 is 2.12 bits per heavy atom. The van der Waals surface area contributed by atoms with Gasteiger partial charge in [0.05, 0.1) is 22.8 Å². The number of benzene rings is 2. The number of likely N-dealkylation sites (N-methyl/N-ethyl adjacent to an activating group) is 1. The maximum Gasteiger partial charge on any atom is 0.490 e. The van der Waals surface area contributed by atoms with Crippen molar-refractivity contribution in [1.29, 1.82) is 0 Å². The molecule has 0 aromatic heterocycles. The number of carboxylic acids is 1. The van der Waals surface area contributed by atoms with E-state index in [4.69, 9.17) is 9.90 Å². The minimum absolute atomic E-state index is 0.0821. The molecule has 43 heavy (non-hydrogen) atoms. The molecule has 1 aliphatic rings. The van der Waals surface area contributed by atoms with E-state index in [2.05, 4.69) is 20.3 Å². The van der Waals surface area contributed by atoms with E-state index in [0.29, 0.717) is 47.7 Å². The van der Waals surface area contributed by atoms with E-state index in [1.807, 2.05) is 26.0 Å². The lowest BCUT2D eigenvalue weighted by Crippen LogP contribution is -2.44. The van der Waals surface area contributed by atoms with Crippen LogP contribution in [0, 0.1) is 20.8 Å². The third-order valence-corrected chi connectivity index (χ3v) is 8.03. The Hall–Kier alpha value is -3.85. The Labute approximate surface area is 249 Å². The number of aliphatic carboxylic acids is 1. The second-order valence-corrected chi connectivity index (χ2v) is 11.7. The van der Waals surface area contributed by atoms with E-state index in [1.165, 1.54) is 4.90 Å². The van der Waals surface area contributed by atoms with Crippen LogP contribution >= 0.6 is 0 Å². The number of carboxylic acid groups (broad SMARTS) is 1. The first-order valence-electron chi connectivity index (χ1n) is 13.5. The molecule has 2 amide bonds. The molecule has 238 valence electrons. The molecular formula is C28H38F3N5O6S. The van der Waals surface area contributed by atoms with Gasteiger partial charge >= 0.3 is 12.1 Å². The first-order valence-corrected chi connectivity index (χ1v) is 15.0. The van der Waals surface area contributed by atoms with Crippen molar-refractivity contribution in [2.24, 2.45) is 0 Å². The van der Waals surface area contributed by atoms with Gasteiger partial charge < -0.3 is 25.5 Å². The molecule has 0 unspecified atom stereocenters. The summed E-state index contributed by atoms with van der Waals surface area (Å²) in [6, 6.07) is 8.71. The molecule has 0 radical (unpaired) electrons. The van der Waals surface area contributed by atoms with Gasteiger partial charge in [-0.3, -0.25) is 14.3 Å². The van der Waals surface area contributed by atoms with Crippen molar-refractivity contribution in [3.05, 3.63) is 52.6 Å². The number of alkyl halides is 3. The zero-order valence-corrected chi connectivity index (χ0v) is 25.6. The summed E-state index contributed by atoms with van der Waals surface area (Å²) >= 11 is 0. The van der Waals surface area contributed by atoms with Gasteiger partial charge in [-0.25, -0.2) is 13.2 Å².